The second-order valence-electron chi connectivity index (χ2n) is 20.4. The van der Waals surface area contributed by atoms with Crippen molar-refractivity contribution >= 4 is 96.9 Å². The molecule has 5 aromatic rings. The molecule has 7 rings (SSSR count). The van der Waals surface area contributed by atoms with Gasteiger partial charge >= 0.3 is 0 Å². The number of nitrogen functional groups attached to an aromatic ring is 1. The molecule has 0 saturated heterocycles. The fraction of sp³-hybridized carbons (Fsp3) is 0.448. The summed E-state index contributed by atoms with van der Waals surface area (Å²) in [6, 6.07) is 14.3. The van der Waals surface area contributed by atoms with Gasteiger partial charge in [-0.15, -0.1) is 23.1 Å². The van der Waals surface area contributed by atoms with Crippen molar-refractivity contribution in [2.45, 2.75) is 142 Å². The maximum atomic E-state index is 14.0. The number of fused-ring (bicyclic) bond motifs is 5. The van der Waals surface area contributed by atoms with Crippen LogP contribution in [0.5, 0.6) is 0 Å². The molecule has 3 amide bonds. The third kappa shape index (κ3) is 17.4. The van der Waals surface area contributed by atoms with Crippen LogP contribution in [-0.2, 0) is 48.3 Å². The summed E-state index contributed by atoms with van der Waals surface area (Å²) in [5.41, 5.74) is 7.75. The number of aromatic amines is 1. The summed E-state index contributed by atoms with van der Waals surface area (Å²) in [6.07, 6.45) is 13.1. The highest BCUT2D eigenvalue weighted by Gasteiger charge is 2.42. The minimum atomic E-state index is -1.18. The van der Waals surface area contributed by atoms with Gasteiger partial charge in [-0.25, -0.2) is 9.97 Å². The van der Waals surface area contributed by atoms with Gasteiger partial charge in [-0.05, 0) is 55.2 Å². The van der Waals surface area contributed by atoms with Crippen LogP contribution in [0.15, 0.2) is 82.7 Å². The number of unbranched alkanes of at least 4 members (excludes halogenated alkanes) is 5. The van der Waals surface area contributed by atoms with Crippen molar-refractivity contribution < 1.29 is 38.3 Å². The number of thiazole rings is 1. The number of carbonyl (C=O) groups is 7. The Bertz CT molecular complexity index is 3140. The van der Waals surface area contributed by atoms with E-state index in [2.05, 4.69) is 37.8 Å². The molecule has 0 spiro atoms. The number of ketones is 3. The Labute approximate surface area is 472 Å². The molecular formula is C58H69N9O9S3. The van der Waals surface area contributed by atoms with Crippen molar-refractivity contribution in [1.29, 1.82) is 0 Å². The van der Waals surface area contributed by atoms with Gasteiger partial charge < -0.3 is 31.4 Å². The number of H-pyrrole nitrogens is 1. The number of aliphatic imine (C=N–C) groups is 1. The third-order valence-electron chi connectivity index (χ3n) is 13.4. The van der Waals surface area contributed by atoms with E-state index in [1.807, 2.05) is 44.2 Å². The van der Waals surface area contributed by atoms with E-state index in [0.717, 1.165) is 41.7 Å². The molecule has 2 aromatic carbocycles. The maximum Gasteiger partial charge on any atom is 0.277 e. The molecule has 3 aromatic heterocycles. The molecule has 0 aliphatic carbocycles. The van der Waals surface area contributed by atoms with Crippen LogP contribution in [0, 0.1) is 5.92 Å². The highest BCUT2D eigenvalue weighted by atomic mass is 32.2. The van der Waals surface area contributed by atoms with Crippen LogP contribution < -0.4 is 27.2 Å². The number of nitrogens with one attached hydrogen (secondary N) is 4. The van der Waals surface area contributed by atoms with Crippen LogP contribution >= 0.6 is 34.9 Å². The van der Waals surface area contributed by atoms with E-state index in [1.54, 1.807) is 37.3 Å². The van der Waals surface area contributed by atoms with E-state index in [-0.39, 0.29) is 102 Å². The molecule has 0 saturated carbocycles. The highest BCUT2D eigenvalue weighted by Crippen LogP contribution is 2.38. The molecule has 3 atom stereocenters. The summed E-state index contributed by atoms with van der Waals surface area (Å²) < 4.78 is 5.80. The molecule has 0 fully saturated rings. The molecule has 2 aliphatic heterocycles. The Morgan fingerprint density at radius 3 is 2.39 bits per heavy atom. The van der Waals surface area contributed by atoms with Gasteiger partial charge in [-0.1, -0.05) is 119 Å². The predicted octanol–water partition coefficient (Wildman–Crippen LogP) is 8.44. The van der Waals surface area contributed by atoms with Gasteiger partial charge in [0.2, 0.25) is 17.7 Å². The van der Waals surface area contributed by atoms with Crippen LogP contribution in [0.25, 0.3) is 21.5 Å². The first-order valence-corrected chi connectivity index (χ1v) is 29.7. The Morgan fingerprint density at radius 1 is 0.899 bits per heavy atom. The van der Waals surface area contributed by atoms with Gasteiger partial charge in [0.25, 0.3) is 5.56 Å². The summed E-state index contributed by atoms with van der Waals surface area (Å²) in [5.74, 6) is -0.785. The van der Waals surface area contributed by atoms with E-state index in [1.165, 1.54) is 53.5 Å². The van der Waals surface area contributed by atoms with Crippen molar-refractivity contribution in [3.8, 4) is 10.4 Å². The first-order valence-electron chi connectivity index (χ1n) is 26.9. The van der Waals surface area contributed by atoms with E-state index in [0.29, 0.717) is 64.1 Å². The SMILES string of the molecule is CCCCCCCC(=O)SCC/C=C/[C@@H]1CC(=O)NCc2nc(c(-c3ccc(COCC(=O)CCCCC(=O)c4ccc(CC(=O)c5cnc6cc(N)[nH]c(=O)c6n5)cc4)cc3)s2)C2=N[C@@](C)(CS2)C(=O)N[C@@H](C(C)C)C(=O)N1. The lowest BCUT2D eigenvalue weighted by Gasteiger charge is -2.27. The van der Waals surface area contributed by atoms with E-state index < -0.39 is 35.0 Å². The lowest BCUT2D eigenvalue weighted by molar-refractivity contribution is -0.132. The summed E-state index contributed by atoms with van der Waals surface area (Å²) in [6.45, 7) is 7.86. The number of benzene rings is 2. The number of pyridine rings is 1. The Kier molecular flexibility index (Phi) is 22.0. The number of ether oxygens (including phenoxy) is 1. The predicted molar refractivity (Wildman–Crippen MR) is 311 cm³/mol. The average Bonchev–Trinajstić information content (AvgIpc) is 4.07. The van der Waals surface area contributed by atoms with Crippen LogP contribution in [0.2, 0.25) is 0 Å². The summed E-state index contributed by atoms with van der Waals surface area (Å²) in [7, 11) is 0. The number of nitrogens with two attached hydrogens (primary N) is 1. The van der Waals surface area contributed by atoms with Crippen molar-refractivity contribution in [2.75, 3.05) is 23.8 Å². The summed E-state index contributed by atoms with van der Waals surface area (Å²) in [5, 5.41) is 10.3. The second-order valence-corrected chi connectivity index (χ2v) is 23.6. The molecule has 418 valence electrons. The molecule has 0 radical (unpaired) electrons. The van der Waals surface area contributed by atoms with E-state index in [4.69, 9.17) is 20.4 Å². The Morgan fingerprint density at radius 2 is 1.63 bits per heavy atom. The molecule has 5 heterocycles. The smallest absolute Gasteiger partial charge is 0.277 e. The van der Waals surface area contributed by atoms with E-state index in [9.17, 15) is 38.4 Å². The number of allylic oxidation sites excluding steroid dienone is 1. The van der Waals surface area contributed by atoms with Gasteiger partial charge in [0, 0.05) is 48.8 Å². The number of thioether (sulfide) groups is 2. The van der Waals surface area contributed by atoms with Crippen molar-refractivity contribution in [3.63, 3.8) is 0 Å². The Hall–Kier alpha value is -6.68. The first-order chi connectivity index (χ1) is 38.0. The molecule has 6 N–H and O–H groups in total. The largest absolute Gasteiger partial charge is 0.385 e. The van der Waals surface area contributed by atoms with Gasteiger partial charge in [-0.2, -0.15) is 0 Å². The summed E-state index contributed by atoms with van der Waals surface area (Å²) in [4.78, 5) is 126. The number of anilines is 1. The fourth-order valence-corrected chi connectivity index (χ4v) is 11.8. The van der Waals surface area contributed by atoms with Crippen LogP contribution in [0.4, 0.5) is 5.82 Å². The third-order valence-corrected chi connectivity index (χ3v) is 16.7. The second kappa shape index (κ2) is 29.0. The minimum Gasteiger partial charge on any atom is -0.385 e. The zero-order chi connectivity index (χ0) is 56.5. The lowest BCUT2D eigenvalue weighted by Crippen LogP contribution is -2.56. The van der Waals surface area contributed by atoms with Crippen LogP contribution in [0.3, 0.4) is 0 Å². The van der Waals surface area contributed by atoms with Gasteiger partial charge in [0.15, 0.2) is 28.0 Å². The normalized spacial score (nSPS) is 17.9. The van der Waals surface area contributed by atoms with Gasteiger partial charge in [0.05, 0.1) is 42.2 Å². The zero-order valence-corrected chi connectivity index (χ0v) is 47.6. The number of Topliss-reactive ketones (excluding diaryl/α,β-unsaturated/α-hetero) is 3. The quantitative estimate of drug-likeness (QED) is 0.0208. The van der Waals surface area contributed by atoms with Crippen molar-refractivity contribution in [2.24, 2.45) is 10.9 Å². The first kappa shape index (κ1) is 60.0. The molecular weight excluding hydrogens is 1060 g/mol. The van der Waals surface area contributed by atoms with Crippen molar-refractivity contribution in [1.82, 2.24) is 35.9 Å². The number of aromatic nitrogens is 4. The molecule has 4 bridgehead atoms. The standard InChI is InChI=1S/C58H69N9O9S3/c1-5-6-7-8-9-17-49(72)77-26-13-12-14-40-28-47(71)61-31-48-65-52(56-67-58(4,34-78-56)57(75)66-50(35(2)3)54(73)62-40)53(79-48)39-24-20-37(21-25-39)32-76-33-41(68)15-10-11-16-44(69)38-22-18-36(19-23-38)27-45(70)43-30-60-42-29-46(59)64-55(74)51(42)63-43/h12,14,18-25,29-30,35,40,50H,5-11,13,15-17,26-28,31-34H2,1-4H3,(H,61,71)(H,62,73)(H,66,75)(H3,59,64,74)/b14-12+/t40-,50+,58+/m1/s1. The fourth-order valence-electron chi connectivity index (χ4n) is 8.80. The lowest BCUT2D eigenvalue weighted by atomic mass is 9.99. The maximum absolute atomic E-state index is 14.0. The van der Waals surface area contributed by atoms with Crippen LogP contribution in [-0.4, -0.2) is 101 Å². The number of nitrogens with zero attached hydrogens (tertiary/aromatic N) is 4. The summed E-state index contributed by atoms with van der Waals surface area (Å²) >= 11 is 4.12. The number of rotatable bonds is 25. The molecule has 21 heteroatoms. The Balaban J connectivity index is 0.894. The number of amides is 3. The van der Waals surface area contributed by atoms with Gasteiger partial charge in [0.1, 0.15) is 45.4 Å². The van der Waals surface area contributed by atoms with Gasteiger partial charge in [-0.3, -0.25) is 48.3 Å². The van der Waals surface area contributed by atoms with Crippen molar-refractivity contribution in [3.05, 3.63) is 116 Å². The average molecular weight is 1130 g/mol. The molecule has 79 heavy (non-hydrogen) atoms. The number of hydrogen-bond donors (Lipinski definition) is 5. The number of carbonyl (C=O) groups excluding carboxylic acids is 7. The monoisotopic (exact) mass is 1130 g/mol. The van der Waals surface area contributed by atoms with Crippen LogP contribution in [0.1, 0.15) is 147 Å². The number of hydrogen-bond acceptors (Lipinski definition) is 17. The molecule has 2 aliphatic rings. The van der Waals surface area contributed by atoms with E-state index >= 15 is 0 Å². The minimum absolute atomic E-state index is 0.00450. The zero-order valence-electron chi connectivity index (χ0n) is 45.2. The topological polar surface area (TPSA) is 275 Å². The molecule has 18 nitrogen and oxygen atoms in total. The highest BCUT2D eigenvalue weighted by molar-refractivity contribution is 8.14. The molecule has 0 unspecified atom stereocenters.